The molecule has 4 aromatic rings. The molecule has 4 rings (SSSR count). The van der Waals surface area contributed by atoms with Crippen molar-refractivity contribution in [3.8, 4) is 11.3 Å². The molecule has 0 radical (unpaired) electrons. The molecule has 0 atom stereocenters. The summed E-state index contributed by atoms with van der Waals surface area (Å²) in [5.74, 6) is -0.340. The average molecular weight is 379 g/mol. The molecule has 0 unspecified atom stereocenters. The van der Waals surface area contributed by atoms with Gasteiger partial charge in [0.25, 0.3) is 0 Å². The molecule has 1 N–H and O–H groups in total. The van der Waals surface area contributed by atoms with Crippen molar-refractivity contribution in [2.75, 3.05) is 5.32 Å². The fraction of sp³-hybridized carbons (Fsp3) is 0.143. The van der Waals surface area contributed by atoms with E-state index in [4.69, 9.17) is 0 Å². The molecule has 1 amide bonds. The van der Waals surface area contributed by atoms with Crippen LogP contribution in [0.15, 0.2) is 54.0 Å². The van der Waals surface area contributed by atoms with Crippen LogP contribution in [0.4, 0.5) is 10.1 Å². The number of benzene rings is 2. The van der Waals surface area contributed by atoms with E-state index in [1.165, 1.54) is 23.5 Å². The molecule has 0 aliphatic carbocycles. The van der Waals surface area contributed by atoms with E-state index in [-0.39, 0.29) is 18.1 Å². The van der Waals surface area contributed by atoms with Gasteiger partial charge in [0, 0.05) is 28.5 Å². The highest BCUT2D eigenvalue weighted by molar-refractivity contribution is 7.15. The Hall–Kier alpha value is -2.99. The first-order chi connectivity index (χ1) is 13.0. The lowest BCUT2D eigenvalue weighted by Gasteiger charge is -2.11. The van der Waals surface area contributed by atoms with Crippen molar-refractivity contribution < 1.29 is 9.18 Å². The van der Waals surface area contributed by atoms with Gasteiger partial charge in [-0.3, -0.25) is 9.20 Å². The number of hydrogen-bond donors (Lipinski definition) is 1. The number of thiazole rings is 1. The van der Waals surface area contributed by atoms with Crippen molar-refractivity contribution in [2.24, 2.45) is 0 Å². The third-order valence-corrected chi connectivity index (χ3v) is 5.40. The summed E-state index contributed by atoms with van der Waals surface area (Å²) in [6.07, 6.45) is 2.15. The number of hydrogen-bond acceptors (Lipinski definition) is 3. The maximum Gasteiger partial charge on any atom is 0.230 e. The zero-order chi connectivity index (χ0) is 19.0. The highest BCUT2D eigenvalue weighted by Gasteiger charge is 2.14. The molecular weight excluding hydrogens is 361 g/mol. The van der Waals surface area contributed by atoms with E-state index in [9.17, 15) is 9.18 Å². The molecule has 0 spiro atoms. The number of carbonyl (C=O) groups is 1. The third kappa shape index (κ3) is 3.48. The molecule has 2 heterocycles. The number of aromatic nitrogens is 2. The van der Waals surface area contributed by atoms with Gasteiger partial charge in [-0.2, -0.15) is 0 Å². The molecule has 2 aromatic heterocycles. The van der Waals surface area contributed by atoms with Crippen molar-refractivity contribution in [1.29, 1.82) is 0 Å². The lowest BCUT2D eigenvalue weighted by molar-refractivity contribution is -0.115. The Labute approximate surface area is 160 Å². The SMILES string of the molecule is Cc1cccc(C)c1NC(=O)Cc1csc2nc(-c3ccc(F)cc3)cn12. The second-order valence-corrected chi connectivity index (χ2v) is 7.34. The molecule has 4 nitrogen and oxygen atoms in total. The summed E-state index contributed by atoms with van der Waals surface area (Å²) in [6, 6.07) is 12.2. The van der Waals surface area contributed by atoms with Gasteiger partial charge >= 0.3 is 0 Å². The van der Waals surface area contributed by atoms with E-state index < -0.39 is 0 Å². The van der Waals surface area contributed by atoms with Crippen LogP contribution in [0.25, 0.3) is 16.2 Å². The molecule has 136 valence electrons. The molecule has 27 heavy (non-hydrogen) atoms. The van der Waals surface area contributed by atoms with Crippen LogP contribution in [0.2, 0.25) is 0 Å². The second kappa shape index (κ2) is 6.96. The van der Waals surface area contributed by atoms with E-state index in [2.05, 4.69) is 10.3 Å². The van der Waals surface area contributed by atoms with E-state index in [0.29, 0.717) is 0 Å². The van der Waals surface area contributed by atoms with Crippen LogP contribution in [0.5, 0.6) is 0 Å². The molecule has 0 bridgehead atoms. The molecule has 0 aliphatic rings. The first-order valence-corrected chi connectivity index (χ1v) is 9.47. The highest BCUT2D eigenvalue weighted by Crippen LogP contribution is 2.25. The van der Waals surface area contributed by atoms with Crippen LogP contribution in [-0.2, 0) is 11.2 Å². The summed E-state index contributed by atoms with van der Waals surface area (Å²) in [5.41, 5.74) is 5.43. The van der Waals surface area contributed by atoms with Crippen LogP contribution in [-0.4, -0.2) is 15.3 Å². The largest absolute Gasteiger partial charge is 0.325 e. The fourth-order valence-electron chi connectivity index (χ4n) is 3.08. The smallest absolute Gasteiger partial charge is 0.230 e. The predicted octanol–water partition coefficient (Wildman–Crippen LogP) is 5.00. The number of para-hydroxylation sites is 1. The van der Waals surface area contributed by atoms with Gasteiger partial charge in [0.05, 0.1) is 12.1 Å². The molecule has 2 aromatic carbocycles. The van der Waals surface area contributed by atoms with Gasteiger partial charge in [0.2, 0.25) is 5.91 Å². The third-order valence-electron chi connectivity index (χ3n) is 4.51. The Morgan fingerprint density at radius 3 is 2.56 bits per heavy atom. The summed E-state index contributed by atoms with van der Waals surface area (Å²) in [6.45, 7) is 3.96. The van der Waals surface area contributed by atoms with Crippen LogP contribution < -0.4 is 5.32 Å². The maximum absolute atomic E-state index is 13.1. The average Bonchev–Trinajstić information content (AvgIpc) is 3.21. The van der Waals surface area contributed by atoms with Gasteiger partial charge in [0.1, 0.15) is 5.82 Å². The minimum Gasteiger partial charge on any atom is -0.325 e. The fourth-order valence-corrected chi connectivity index (χ4v) is 3.95. The molecule has 0 saturated carbocycles. The number of fused-ring (bicyclic) bond motifs is 1. The number of rotatable bonds is 4. The summed E-state index contributed by atoms with van der Waals surface area (Å²) >= 11 is 1.48. The lowest BCUT2D eigenvalue weighted by Crippen LogP contribution is -2.16. The molecule has 0 fully saturated rings. The van der Waals surface area contributed by atoms with Gasteiger partial charge in [-0.1, -0.05) is 18.2 Å². The van der Waals surface area contributed by atoms with Crippen LogP contribution >= 0.6 is 11.3 Å². The Morgan fingerprint density at radius 1 is 1.15 bits per heavy atom. The Balaban J connectivity index is 1.57. The van der Waals surface area contributed by atoms with Crippen molar-refractivity contribution in [3.63, 3.8) is 0 Å². The summed E-state index contributed by atoms with van der Waals surface area (Å²) in [4.78, 5) is 17.9. The Bertz CT molecular complexity index is 1110. The monoisotopic (exact) mass is 379 g/mol. The minimum atomic E-state index is -0.274. The van der Waals surface area contributed by atoms with Crippen molar-refractivity contribution in [2.45, 2.75) is 20.3 Å². The highest BCUT2D eigenvalue weighted by atomic mass is 32.1. The van der Waals surface area contributed by atoms with Gasteiger partial charge in [-0.05, 0) is 49.2 Å². The molecular formula is C21H18FN3OS. The molecule has 0 saturated heterocycles. The first-order valence-electron chi connectivity index (χ1n) is 8.59. The minimum absolute atomic E-state index is 0.0656. The second-order valence-electron chi connectivity index (χ2n) is 6.50. The van der Waals surface area contributed by atoms with Crippen molar-refractivity contribution >= 4 is 27.9 Å². The number of nitrogens with zero attached hydrogens (tertiary/aromatic N) is 2. The normalized spacial score (nSPS) is 11.1. The maximum atomic E-state index is 13.1. The number of imidazole rings is 1. The Morgan fingerprint density at radius 2 is 1.85 bits per heavy atom. The van der Waals surface area contributed by atoms with E-state index >= 15 is 0 Å². The molecule has 0 aliphatic heterocycles. The number of nitrogens with one attached hydrogen (secondary N) is 1. The van der Waals surface area contributed by atoms with Gasteiger partial charge in [-0.15, -0.1) is 11.3 Å². The van der Waals surface area contributed by atoms with E-state index in [1.54, 1.807) is 12.1 Å². The van der Waals surface area contributed by atoms with Crippen LogP contribution in [0, 0.1) is 19.7 Å². The number of carbonyl (C=O) groups excluding carboxylic acids is 1. The topological polar surface area (TPSA) is 46.4 Å². The quantitative estimate of drug-likeness (QED) is 0.542. The zero-order valence-corrected chi connectivity index (χ0v) is 15.8. The number of amides is 1. The van der Waals surface area contributed by atoms with Crippen molar-refractivity contribution in [3.05, 3.63) is 76.7 Å². The van der Waals surface area contributed by atoms with Gasteiger partial charge < -0.3 is 5.32 Å². The van der Waals surface area contributed by atoms with Gasteiger partial charge in [0.15, 0.2) is 4.96 Å². The van der Waals surface area contributed by atoms with Crippen LogP contribution in [0.1, 0.15) is 16.8 Å². The summed E-state index contributed by atoms with van der Waals surface area (Å²) in [5, 5.41) is 4.96. The number of aryl methyl sites for hydroxylation is 2. The predicted molar refractivity (Wildman–Crippen MR) is 107 cm³/mol. The van der Waals surface area contributed by atoms with E-state index in [0.717, 1.165) is 38.7 Å². The van der Waals surface area contributed by atoms with Gasteiger partial charge in [-0.25, -0.2) is 9.37 Å². The standard InChI is InChI=1S/C21H18FN3OS/c1-13-4-3-5-14(2)20(13)24-19(26)10-17-12-27-21-23-18(11-25(17)21)15-6-8-16(22)9-7-15/h3-9,11-12H,10H2,1-2H3,(H,24,26). The summed E-state index contributed by atoms with van der Waals surface area (Å²) < 4.78 is 15.0. The molecule has 6 heteroatoms. The van der Waals surface area contributed by atoms with E-state index in [1.807, 2.05) is 48.0 Å². The first kappa shape index (κ1) is 17.4. The Kier molecular flexibility index (Phi) is 4.49. The van der Waals surface area contributed by atoms with Crippen molar-refractivity contribution in [1.82, 2.24) is 9.38 Å². The zero-order valence-electron chi connectivity index (χ0n) is 15.0. The summed E-state index contributed by atoms with van der Waals surface area (Å²) in [7, 11) is 0. The van der Waals surface area contributed by atoms with Crippen LogP contribution in [0.3, 0.4) is 0 Å². The lowest BCUT2D eigenvalue weighted by atomic mass is 10.1. The number of anilines is 1. The number of halogens is 1.